The first kappa shape index (κ1) is 27.4. The van der Waals surface area contributed by atoms with Crippen LogP contribution in [0.5, 0.6) is 0 Å². The van der Waals surface area contributed by atoms with Crippen molar-refractivity contribution in [1.82, 2.24) is 14.5 Å². The number of aromatic nitrogens is 2. The molecule has 0 aromatic carbocycles. The van der Waals surface area contributed by atoms with E-state index in [4.69, 9.17) is 0 Å². The second-order valence-corrected chi connectivity index (χ2v) is 10.5. The Labute approximate surface area is 200 Å². The molecule has 186 valence electrons. The van der Waals surface area contributed by atoms with Gasteiger partial charge < -0.3 is 9.47 Å². The van der Waals surface area contributed by atoms with E-state index in [1.807, 2.05) is 6.20 Å². The number of rotatable bonds is 20. The number of imidazole rings is 1. The van der Waals surface area contributed by atoms with Crippen molar-refractivity contribution in [1.29, 1.82) is 0 Å². The van der Waals surface area contributed by atoms with Crippen LogP contribution in [-0.4, -0.2) is 34.1 Å². The van der Waals surface area contributed by atoms with Crippen molar-refractivity contribution in [3.05, 3.63) is 18.2 Å². The van der Waals surface area contributed by atoms with Crippen LogP contribution in [0.4, 0.5) is 0 Å². The number of aryl methyl sites for hydroxylation is 2. The van der Waals surface area contributed by atoms with Crippen LogP contribution < -0.4 is 0 Å². The molecule has 2 heterocycles. The maximum Gasteiger partial charge on any atom is 0.105 e. The highest BCUT2D eigenvalue weighted by Crippen LogP contribution is 2.22. The third kappa shape index (κ3) is 13.0. The molecule has 1 fully saturated rings. The Kier molecular flexibility index (Phi) is 15.9. The molecular formula is C29H55N3. The fraction of sp³-hybridized carbons (Fsp3) is 0.897. The topological polar surface area (TPSA) is 21.1 Å². The van der Waals surface area contributed by atoms with Crippen LogP contribution in [0.25, 0.3) is 0 Å². The van der Waals surface area contributed by atoms with Gasteiger partial charge in [0.1, 0.15) is 5.82 Å². The first-order valence-corrected chi connectivity index (χ1v) is 14.5. The van der Waals surface area contributed by atoms with Crippen LogP contribution in [-0.2, 0) is 6.54 Å². The molecule has 1 aromatic heterocycles. The highest BCUT2D eigenvalue weighted by molar-refractivity contribution is 4.88. The Bertz CT molecular complexity index is 530. The van der Waals surface area contributed by atoms with Gasteiger partial charge in [-0.3, -0.25) is 0 Å². The van der Waals surface area contributed by atoms with Gasteiger partial charge in [0.2, 0.25) is 0 Å². The van der Waals surface area contributed by atoms with Crippen LogP contribution in [0.15, 0.2) is 12.4 Å². The molecule has 3 nitrogen and oxygen atoms in total. The van der Waals surface area contributed by atoms with Gasteiger partial charge in [0.05, 0.1) is 0 Å². The summed E-state index contributed by atoms with van der Waals surface area (Å²) in [5, 5.41) is 0. The first-order chi connectivity index (χ1) is 15.8. The van der Waals surface area contributed by atoms with E-state index in [9.17, 15) is 0 Å². The summed E-state index contributed by atoms with van der Waals surface area (Å²) in [6.07, 6.45) is 31.5. The van der Waals surface area contributed by atoms with Crippen molar-refractivity contribution in [2.24, 2.45) is 5.92 Å². The fourth-order valence-corrected chi connectivity index (χ4v) is 5.34. The minimum atomic E-state index is 0.916. The average Bonchev–Trinajstić information content (AvgIpc) is 3.23. The zero-order chi connectivity index (χ0) is 22.7. The molecule has 1 aromatic rings. The van der Waals surface area contributed by atoms with Crippen molar-refractivity contribution < 1.29 is 0 Å². The van der Waals surface area contributed by atoms with Crippen LogP contribution in [0.3, 0.4) is 0 Å². The number of hydrogen-bond donors (Lipinski definition) is 0. The minimum Gasteiger partial charge on any atom is -0.335 e. The van der Waals surface area contributed by atoms with Crippen LogP contribution in [0, 0.1) is 12.8 Å². The van der Waals surface area contributed by atoms with E-state index >= 15 is 0 Å². The molecule has 0 unspecified atom stereocenters. The molecule has 0 aliphatic carbocycles. The van der Waals surface area contributed by atoms with Gasteiger partial charge in [0.25, 0.3) is 0 Å². The minimum absolute atomic E-state index is 0.916. The van der Waals surface area contributed by atoms with Crippen LogP contribution in [0.2, 0.25) is 0 Å². The Morgan fingerprint density at radius 1 is 0.719 bits per heavy atom. The molecule has 0 bridgehead atoms. The second kappa shape index (κ2) is 18.6. The third-order valence-electron chi connectivity index (χ3n) is 7.74. The zero-order valence-corrected chi connectivity index (χ0v) is 21.8. The highest BCUT2D eigenvalue weighted by Gasteiger charge is 2.18. The van der Waals surface area contributed by atoms with E-state index in [0.29, 0.717) is 0 Å². The largest absolute Gasteiger partial charge is 0.335 e. The lowest BCUT2D eigenvalue weighted by Crippen LogP contribution is -2.34. The lowest BCUT2D eigenvalue weighted by Gasteiger charge is -2.32. The molecule has 32 heavy (non-hydrogen) atoms. The van der Waals surface area contributed by atoms with Gasteiger partial charge in [-0.1, -0.05) is 103 Å². The second-order valence-electron chi connectivity index (χ2n) is 10.5. The summed E-state index contributed by atoms with van der Waals surface area (Å²) in [6, 6.07) is 0. The molecule has 0 N–H and O–H groups in total. The molecule has 0 amide bonds. The summed E-state index contributed by atoms with van der Waals surface area (Å²) in [5.74, 6) is 2.07. The van der Waals surface area contributed by atoms with E-state index in [1.165, 1.54) is 142 Å². The molecule has 2 rings (SSSR count). The molecule has 0 spiro atoms. The zero-order valence-electron chi connectivity index (χ0n) is 21.8. The molecule has 1 aliphatic rings. The van der Waals surface area contributed by atoms with Crippen molar-refractivity contribution in [2.45, 2.75) is 142 Å². The summed E-state index contributed by atoms with van der Waals surface area (Å²) >= 11 is 0. The average molecular weight is 446 g/mol. The molecule has 0 radical (unpaired) electrons. The maximum absolute atomic E-state index is 4.34. The molecular weight excluding hydrogens is 390 g/mol. The smallest absolute Gasteiger partial charge is 0.105 e. The lowest BCUT2D eigenvalue weighted by atomic mass is 9.93. The number of piperidine rings is 1. The van der Waals surface area contributed by atoms with Gasteiger partial charge in [-0.05, 0) is 58.2 Å². The van der Waals surface area contributed by atoms with Crippen molar-refractivity contribution in [3.8, 4) is 0 Å². The standard InChI is InChI=1S/C29H55N3/c1-3-4-5-6-7-8-9-10-11-12-13-14-15-16-17-18-23-31-24-19-29(20-25-31)21-26-32-27-22-30-28(32)2/h22,27,29H,3-21,23-26H2,1-2H3. The summed E-state index contributed by atoms with van der Waals surface area (Å²) in [6.45, 7) is 9.55. The predicted octanol–water partition coefficient (Wildman–Crippen LogP) is 8.56. The maximum atomic E-state index is 4.34. The summed E-state index contributed by atoms with van der Waals surface area (Å²) in [5.41, 5.74) is 0. The number of unbranched alkanes of at least 4 members (excludes halogenated alkanes) is 15. The van der Waals surface area contributed by atoms with Gasteiger partial charge in [0.15, 0.2) is 0 Å². The Hall–Kier alpha value is -0.830. The number of likely N-dealkylation sites (tertiary alicyclic amines) is 1. The van der Waals surface area contributed by atoms with Crippen molar-refractivity contribution in [3.63, 3.8) is 0 Å². The molecule has 1 aliphatic heterocycles. The fourth-order valence-electron chi connectivity index (χ4n) is 5.34. The van der Waals surface area contributed by atoms with Crippen LogP contribution >= 0.6 is 0 Å². The van der Waals surface area contributed by atoms with Gasteiger partial charge in [-0.15, -0.1) is 0 Å². The summed E-state index contributed by atoms with van der Waals surface area (Å²) < 4.78 is 2.31. The quantitative estimate of drug-likeness (QED) is 0.187. The van der Waals surface area contributed by atoms with E-state index < -0.39 is 0 Å². The summed E-state index contributed by atoms with van der Waals surface area (Å²) in [7, 11) is 0. The first-order valence-electron chi connectivity index (χ1n) is 14.5. The number of nitrogens with zero attached hydrogens (tertiary/aromatic N) is 3. The Morgan fingerprint density at radius 2 is 1.22 bits per heavy atom. The Balaban J connectivity index is 1.29. The lowest BCUT2D eigenvalue weighted by molar-refractivity contribution is 0.173. The molecule has 0 saturated carbocycles. The van der Waals surface area contributed by atoms with Crippen LogP contribution in [0.1, 0.15) is 135 Å². The van der Waals surface area contributed by atoms with Gasteiger partial charge in [0, 0.05) is 18.9 Å². The Morgan fingerprint density at radius 3 is 1.69 bits per heavy atom. The molecule has 3 heteroatoms. The van der Waals surface area contributed by atoms with E-state index in [2.05, 4.69) is 34.5 Å². The SMILES string of the molecule is CCCCCCCCCCCCCCCCCCN1CCC(CCn2ccnc2C)CC1. The van der Waals surface area contributed by atoms with Gasteiger partial charge in [-0.2, -0.15) is 0 Å². The van der Waals surface area contributed by atoms with E-state index in [1.54, 1.807) is 0 Å². The third-order valence-corrected chi connectivity index (χ3v) is 7.74. The highest BCUT2D eigenvalue weighted by atomic mass is 15.1. The predicted molar refractivity (Wildman–Crippen MR) is 140 cm³/mol. The van der Waals surface area contributed by atoms with E-state index in [0.717, 1.165) is 18.3 Å². The summed E-state index contributed by atoms with van der Waals surface area (Å²) in [4.78, 5) is 7.06. The molecule has 1 saturated heterocycles. The normalized spacial score (nSPS) is 15.6. The van der Waals surface area contributed by atoms with Crippen molar-refractivity contribution >= 4 is 0 Å². The monoisotopic (exact) mass is 445 g/mol. The number of hydrogen-bond acceptors (Lipinski definition) is 2. The van der Waals surface area contributed by atoms with Crippen molar-refractivity contribution in [2.75, 3.05) is 19.6 Å². The van der Waals surface area contributed by atoms with Gasteiger partial charge >= 0.3 is 0 Å². The van der Waals surface area contributed by atoms with E-state index in [-0.39, 0.29) is 0 Å². The van der Waals surface area contributed by atoms with Gasteiger partial charge in [-0.25, -0.2) is 4.98 Å². The molecule has 0 atom stereocenters.